The van der Waals surface area contributed by atoms with Gasteiger partial charge in [-0.15, -0.1) is 0 Å². The number of aryl methyl sites for hydroxylation is 1. The van der Waals surface area contributed by atoms with Gasteiger partial charge in [-0.25, -0.2) is 4.98 Å². The van der Waals surface area contributed by atoms with Gasteiger partial charge in [-0.05, 0) is 18.6 Å². The van der Waals surface area contributed by atoms with Gasteiger partial charge in [0.25, 0.3) is 0 Å². The average Bonchev–Trinajstić information content (AvgIpc) is 2.33. The van der Waals surface area contributed by atoms with Crippen molar-refractivity contribution < 1.29 is 4.74 Å². The second-order valence-electron chi connectivity index (χ2n) is 4.10. The highest BCUT2D eigenvalue weighted by atomic mass is 16.5. The lowest BCUT2D eigenvalue weighted by molar-refractivity contribution is 0.0398. The predicted molar refractivity (Wildman–Crippen MR) is 64.7 cm³/mol. The summed E-state index contributed by atoms with van der Waals surface area (Å²) in [6.07, 6.45) is 1.89. The van der Waals surface area contributed by atoms with Crippen LogP contribution in [0, 0.1) is 6.92 Å². The van der Waals surface area contributed by atoms with E-state index >= 15 is 0 Å². The molecule has 0 amide bonds. The highest BCUT2D eigenvalue weighted by Crippen LogP contribution is 2.03. The molecule has 0 saturated carbocycles. The first-order valence-electron chi connectivity index (χ1n) is 5.81. The van der Waals surface area contributed by atoms with Crippen molar-refractivity contribution >= 4 is 5.82 Å². The van der Waals surface area contributed by atoms with E-state index in [1.165, 1.54) is 5.56 Å². The number of pyridine rings is 1. The van der Waals surface area contributed by atoms with E-state index in [1.807, 2.05) is 19.2 Å². The highest BCUT2D eigenvalue weighted by molar-refractivity contribution is 5.34. The molecule has 1 fully saturated rings. The van der Waals surface area contributed by atoms with Crippen molar-refractivity contribution in [3.63, 3.8) is 0 Å². The standard InChI is InChI=1S/C12H19N3O/c1-11-2-3-12(14-10-11)13-4-5-15-6-8-16-9-7-15/h2-3,10H,4-9H2,1H3,(H,13,14). The Labute approximate surface area is 96.6 Å². The zero-order valence-corrected chi connectivity index (χ0v) is 9.78. The first-order valence-corrected chi connectivity index (χ1v) is 5.81. The number of hydrogen-bond donors (Lipinski definition) is 1. The Balaban J connectivity index is 1.69. The minimum atomic E-state index is 0.864. The van der Waals surface area contributed by atoms with Gasteiger partial charge < -0.3 is 10.1 Å². The molecule has 0 unspecified atom stereocenters. The van der Waals surface area contributed by atoms with E-state index in [-0.39, 0.29) is 0 Å². The molecule has 1 N–H and O–H groups in total. The smallest absolute Gasteiger partial charge is 0.125 e. The summed E-state index contributed by atoms with van der Waals surface area (Å²) in [6.45, 7) is 7.86. The fourth-order valence-corrected chi connectivity index (χ4v) is 1.74. The molecule has 0 aliphatic carbocycles. The maximum absolute atomic E-state index is 5.30. The van der Waals surface area contributed by atoms with Crippen LogP contribution in [-0.2, 0) is 4.74 Å². The van der Waals surface area contributed by atoms with Gasteiger partial charge in [-0.3, -0.25) is 4.90 Å². The first kappa shape index (κ1) is 11.4. The van der Waals surface area contributed by atoms with Crippen LogP contribution in [-0.4, -0.2) is 49.3 Å². The van der Waals surface area contributed by atoms with Gasteiger partial charge in [0.15, 0.2) is 0 Å². The van der Waals surface area contributed by atoms with E-state index in [4.69, 9.17) is 4.74 Å². The Hall–Kier alpha value is -1.13. The summed E-state index contributed by atoms with van der Waals surface area (Å²) in [5, 5.41) is 3.33. The Morgan fingerprint density at radius 1 is 1.38 bits per heavy atom. The average molecular weight is 221 g/mol. The maximum Gasteiger partial charge on any atom is 0.125 e. The highest BCUT2D eigenvalue weighted by Gasteiger charge is 2.08. The van der Waals surface area contributed by atoms with Crippen molar-refractivity contribution in [2.24, 2.45) is 0 Å². The summed E-state index contributed by atoms with van der Waals surface area (Å²) in [6, 6.07) is 4.10. The van der Waals surface area contributed by atoms with Crippen LogP contribution >= 0.6 is 0 Å². The number of nitrogens with one attached hydrogen (secondary N) is 1. The van der Waals surface area contributed by atoms with Crippen LogP contribution in [0.4, 0.5) is 5.82 Å². The van der Waals surface area contributed by atoms with Crippen LogP contribution in [0.15, 0.2) is 18.3 Å². The topological polar surface area (TPSA) is 37.4 Å². The Morgan fingerprint density at radius 2 is 2.19 bits per heavy atom. The molecule has 16 heavy (non-hydrogen) atoms. The van der Waals surface area contributed by atoms with Crippen LogP contribution in [0.25, 0.3) is 0 Å². The number of rotatable bonds is 4. The number of anilines is 1. The molecule has 4 nitrogen and oxygen atoms in total. The predicted octanol–water partition coefficient (Wildman–Crippen LogP) is 1.13. The van der Waals surface area contributed by atoms with Crippen molar-refractivity contribution in [3.8, 4) is 0 Å². The third-order valence-corrected chi connectivity index (χ3v) is 2.75. The molecule has 2 rings (SSSR count). The third kappa shape index (κ3) is 3.47. The minimum absolute atomic E-state index is 0.864. The zero-order valence-electron chi connectivity index (χ0n) is 9.78. The summed E-state index contributed by atoms with van der Waals surface area (Å²) in [7, 11) is 0. The van der Waals surface area contributed by atoms with Crippen LogP contribution in [0.2, 0.25) is 0 Å². The zero-order chi connectivity index (χ0) is 11.2. The molecule has 88 valence electrons. The molecular formula is C12H19N3O. The fourth-order valence-electron chi connectivity index (χ4n) is 1.74. The van der Waals surface area contributed by atoms with Crippen LogP contribution in [0.3, 0.4) is 0 Å². The largest absolute Gasteiger partial charge is 0.379 e. The fraction of sp³-hybridized carbons (Fsp3) is 0.583. The van der Waals surface area contributed by atoms with Crippen LogP contribution < -0.4 is 5.32 Å². The van der Waals surface area contributed by atoms with Crippen molar-refractivity contribution in [2.75, 3.05) is 44.7 Å². The Bertz CT molecular complexity index is 307. The molecule has 1 aliphatic rings. The summed E-state index contributed by atoms with van der Waals surface area (Å²) < 4.78 is 5.30. The van der Waals surface area contributed by atoms with E-state index in [9.17, 15) is 0 Å². The van der Waals surface area contributed by atoms with E-state index < -0.39 is 0 Å². The number of nitrogens with zero attached hydrogens (tertiary/aromatic N) is 2. The lowest BCUT2D eigenvalue weighted by Crippen LogP contribution is -2.39. The lowest BCUT2D eigenvalue weighted by atomic mass is 10.3. The second kappa shape index (κ2) is 5.82. The van der Waals surface area contributed by atoms with E-state index in [2.05, 4.69) is 21.3 Å². The number of hydrogen-bond acceptors (Lipinski definition) is 4. The second-order valence-corrected chi connectivity index (χ2v) is 4.10. The van der Waals surface area contributed by atoms with Crippen molar-refractivity contribution in [1.29, 1.82) is 0 Å². The van der Waals surface area contributed by atoms with Gasteiger partial charge >= 0.3 is 0 Å². The Morgan fingerprint density at radius 3 is 2.88 bits per heavy atom. The summed E-state index contributed by atoms with van der Waals surface area (Å²) in [5.41, 5.74) is 1.19. The maximum atomic E-state index is 5.30. The number of morpholine rings is 1. The van der Waals surface area contributed by atoms with Crippen LogP contribution in [0.1, 0.15) is 5.56 Å². The molecule has 1 aromatic rings. The van der Waals surface area contributed by atoms with Gasteiger partial charge in [0.1, 0.15) is 5.82 Å². The van der Waals surface area contributed by atoms with E-state index in [1.54, 1.807) is 0 Å². The van der Waals surface area contributed by atoms with Crippen LogP contribution in [0.5, 0.6) is 0 Å². The quantitative estimate of drug-likeness (QED) is 0.827. The molecule has 0 bridgehead atoms. The summed E-state index contributed by atoms with van der Waals surface area (Å²) in [4.78, 5) is 6.71. The molecule has 0 spiro atoms. The van der Waals surface area contributed by atoms with Gasteiger partial charge in [0.2, 0.25) is 0 Å². The van der Waals surface area contributed by atoms with Crippen molar-refractivity contribution in [3.05, 3.63) is 23.9 Å². The minimum Gasteiger partial charge on any atom is -0.379 e. The molecule has 2 heterocycles. The molecule has 0 atom stereocenters. The monoisotopic (exact) mass is 221 g/mol. The van der Waals surface area contributed by atoms with E-state index in [0.29, 0.717) is 0 Å². The van der Waals surface area contributed by atoms with Gasteiger partial charge in [-0.1, -0.05) is 6.07 Å². The molecule has 0 radical (unpaired) electrons. The molecule has 4 heteroatoms. The molecule has 1 saturated heterocycles. The summed E-state index contributed by atoms with van der Waals surface area (Å²) in [5.74, 6) is 0.957. The van der Waals surface area contributed by atoms with Crippen molar-refractivity contribution in [2.45, 2.75) is 6.92 Å². The van der Waals surface area contributed by atoms with Gasteiger partial charge in [-0.2, -0.15) is 0 Å². The molecule has 1 aliphatic heterocycles. The third-order valence-electron chi connectivity index (χ3n) is 2.75. The normalized spacial score (nSPS) is 17.3. The molecule has 0 aromatic carbocycles. The lowest BCUT2D eigenvalue weighted by Gasteiger charge is -2.26. The number of aromatic nitrogens is 1. The summed E-state index contributed by atoms with van der Waals surface area (Å²) >= 11 is 0. The molecular weight excluding hydrogens is 202 g/mol. The molecule has 1 aromatic heterocycles. The number of ether oxygens (including phenoxy) is 1. The SMILES string of the molecule is Cc1ccc(NCCN2CCOCC2)nc1. The van der Waals surface area contributed by atoms with E-state index in [0.717, 1.165) is 45.2 Å². The van der Waals surface area contributed by atoms with Gasteiger partial charge in [0.05, 0.1) is 13.2 Å². The van der Waals surface area contributed by atoms with Gasteiger partial charge in [0, 0.05) is 32.4 Å². The first-order chi connectivity index (χ1) is 7.84. The van der Waals surface area contributed by atoms with Crippen molar-refractivity contribution in [1.82, 2.24) is 9.88 Å². The Kier molecular flexibility index (Phi) is 4.13.